The highest BCUT2D eigenvalue weighted by molar-refractivity contribution is 4.69. The van der Waals surface area contributed by atoms with Crippen molar-refractivity contribution < 1.29 is 4.74 Å². The predicted octanol–water partition coefficient (Wildman–Crippen LogP) is 2.21. The molecule has 0 N–H and O–H groups in total. The molecule has 0 aliphatic heterocycles. The van der Waals surface area contributed by atoms with Crippen LogP contribution in [0.4, 0.5) is 0 Å². The Bertz CT molecular complexity index is 80.6. The summed E-state index contributed by atoms with van der Waals surface area (Å²) in [6.07, 6.45) is 5.88. The van der Waals surface area contributed by atoms with Gasteiger partial charge in [-0.2, -0.15) is 0 Å². The topological polar surface area (TPSA) is 9.23 Å². The zero-order valence-electron chi connectivity index (χ0n) is 6.39. The smallest absolute Gasteiger partial charge is 0.0573 e. The van der Waals surface area contributed by atoms with E-state index in [1.807, 2.05) is 7.11 Å². The molecule has 0 radical (unpaired) electrons. The molecule has 1 fully saturated rings. The quantitative estimate of drug-likeness (QED) is 0.526. The Morgan fingerprint density at radius 3 is 2.56 bits per heavy atom. The Morgan fingerprint density at radius 1 is 1.33 bits per heavy atom. The van der Waals surface area contributed by atoms with Gasteiger partial charge in [-0.25, -0.2) is 0 Å². The molecule has 0 aromatic rings. The molecule has 0 amide bonds. The first-order valence-corrected chi connectivity index (χ1v) is 3.85. The zero-order chi connectivity index (χ0) is 6.69. The van der Waals surface area contributed by atoms with Gasteiger partial charge in [0.1, 0.15) is 0 Å². The largest absolute Gasteiger partial charge is 0.381 e. The SMILES string of the molecule is COC1CCC[C@@H](C)C1. The molecule has 2 atom stereocenters. The molecule has 1 nitrogen and oxygen atoms in total. The fourth-order valence-corrected chi connectivity index (χ4v) is 1.59. The fraction of sp³-hybridized carbons (Fsp3) is 1.00. The van der Waals surface area contributed by atoms with Gasteiger partial charge in [0.15, 0.2) is 0 Å². The van der Waals surface area contributed by atoms with E-state index in [1.54, 1.807) is 0 Å². The van der Waals surface area contributed by atoms with Crippen LogP contribution in [0.5, 0.6) is 0 Å². The average Bonchev–Trinajstić information content (AvgIpc) is 1.88. The Hall–Kier alpha value is -0.0400. The summed E-state index contributed by atoms with van der Waals surface area (Å²) in [6.45, 7) is 2.31. The summed E-state index contributed by atoms with van der Waals surface area (Å²) >= 11 is 0. The summed E-state index contributed by atoms with van der Waals surface area (Å²) in [7, 11) is 1.82. The molecule has 0 heterocycles. The first kappa shape index (κ1) is 7.07. The summed E-state index contributed by atoms with van der Waals surface area (Å²) in [6, 6.07) is 0. The van der Waals surface area contributed by atoms with E-state index in [1.165, 1.54) is 25.7 Å². The first-order chi connectivity index (χ1) is 4.33. The minimum Gasteiger partial charge on any atom is -0.381 e. The number of hydrogen-bond acceptors (Lipinski definition) is 1. The third kappa shape index (κ3) is 1.98. The molecule has 1 aliphatic rings. The first-order valence-electron chi connectivity index (χ1n) is 3.85. The number of ether oxygens (including phenoxy) is 1. The van der Waals surface area contributed by atoms with Crippen molar-refractivity contribution in [3.63, 3.8) is 0 Å². The third-order valence-electron chi connectivity index (χ3n) is 2.22. The molecule has 54 valence electrons. The van der Waals surface area contributed by atoms with E-state index in [2.05, 4.69) is 6.92 Å². The van der Waals surface area contributed by atoms with Crippen LogP contribution in [0, 0.1) is 5.92 Å². The fourth-order valence-electron chi connectivity index (χ4n) is 1.59. The number of rotatable bonds is 1. The highest BCUT2D eigenvalue weighted by Gasteiger charge is 2.17. The average molecular weight is 128 g/mol. The van der Waals surface area contributed by atoms with Gasteiger partial charge in [-0.3, -0.25) is 0 Å². The van der Waals surface area contributed by atoms with Crippen molar-refractivity contribution >= 4 is 0 Å². The van der Waals surface area contributed by atoms with Crippen LogP contribution < -0.4 is 0 Å². The van der Waals surface area contributed by atoms with Gasteiger partial charge >= 0.3 is 0 Å². The second-order valence-electron chi connectivity index (χ2n) is 3.13. The van der Waals surface area contributed by atoms with Crippen LogP contribution in [0.1, 0.15) is 32.6 Å². The Balaban J connectivity index is 2.23. The van der Waals surface area contributed by atoms with Crippen LogP contribution in [-0.2, 0) is 4.74 Å². The molecule has 1 unspecified atom stereocenters. The van der Waals surface area contributed by atoms with Gasteiger partial charge in [0.25, 0.3) is 0 Å². The lowest BCUT2D eigenvalue weighted by molar-refractivity contribution is 0.0542. The monoisotopic (exact) mass is 128 g/mol. The van der Waals surface area contributed by atoms with E-state index in [0.29, 0.717) is 6.10 Å². The number of hydrogen-bond donors (Lipinski definition) is 0. The van der Waals surface area contributed by atoms with Crippen molar-refractivity contribution in [3.8, 4) is 0 Å². The van der Waals surface area contributed by atoms with Crippen LogP contribution in [0.2, 0.25) is 0 Å². The summed E-state index contributed by atoms with van der Waals surface area (Å²) in [4.78, 5) is 0. The minimum atomic E-state index is 0.564. The normalized spacial score (nSPS) is 36.7. The van der Waals surface area contributed by atoms with Crippen LogP contribution >= 0.6 is 0 Å². The van der Waals surface area contributed by atoms with E-state index >= 15 is 0 Å². The molecular formula is C8H16O. The molecule has 0 saturated heterocycles. The van der Waals surface area contributed by atoms with Gasteiger partial charge < -0.3 is 4.74 Å². The van der Waals surface area contributed by atoms with Crippen LogP contribution in [-0.4, -0.2) is 13.2 Å². The Kier molecular flexibility index (Phi) is 2.52. The standard InChI is InChI=1S/C8H16O/c1-7-4-3-5-8(6-7)9-2/h7-8H,3-6H2,1-2H3/t7-,8?/m1/s1. The third-order valence-corrected chi connectivity index (χ3v) is 2.22. The molecule has 1 saturated carbocycles. The van der Waals surface area contributed by atoms with E-state index in [-0.39, 0.29) is 0 Å². The van der Waals surface area contributed by atoms with Crippen LogP contribution in [0.3, 0.4) is 0 Å². The molecule has 9 heavy (non-hydrogen) atoms. The highest BCUT2D eigenvalue weighted by Crippen LogP contribution is 2.24. The predicted molar refractivity (Wildman–Crippen MR) is 38.4 cm³/mol. The van der Waals surface area contributed by atoms with E-state index in [4.69, 9.17) is 4.74 Å². The molecule has 0 aromatic heterocycles. The second kappa shape index (κ2) is 3.21. The molecule has 1 rings (SSSR count). The minimum absolute atomic E-state index is 0.564. The summed E-state index contributed by atoms with van der Waals surface area (Å²) in [5.74, 6) is 0.892. The molecule has 0 bridgehead atoms. The van der Waals surface area contributed by atoms with Crippen molar-refractivity contribution in [2.75, 3.05) is 7.11 Å². The van der Waals surface area contributed by atoms with E-state index < -0.39 is 0 Å². The van der Waals surface area contributed by atoms with Gasteiger partial charge in [-0.05, 0) is 18.8 Å². The number of methoxy groups -OCH3 is 1. The van der Waals surface area contributed by atoms with Gasteiger partial charge in [0.2, 0.25) is 0 Å². The lowest BCUT2D eigenvalue weighted by Crippen LogP contribution is -2.19. The lowest BCUT2D eigenvalue weighted by Gasteiger charge is -2.25. The maximum Gasteiger partial charge on any atom is 0.0573 e. The molecule has 1 aliphatic carbocycles. The summed E-state index contributed by atoms with van der Waals surface area (Å²) in [5, 5.41) is 0. The second-order valence-corrected chi connectivity index (χ2v) is 3.13. The van der Waals surface area contributed by atoms with Crippen molar-refractivity contribution in [2.24, 2.45) is 5.92 Å². The zero-order valence-corrected chi connectivity index (χ0v) is 6.39. The maximum absolute atomic E-state index is 5.26. The maximum atomic E-state index is 5.26. The Labute approximate surface area is 57.4 Å². The highest BCUT2D eigenvalue weighted by atomic mass is 16.5. The van der Waals surface area contributed by atoms with Crippen molar-refractivity contribution in [1.82, 2.24) is 0 Å². The van der Waals surface area contributed by atoms with Crippen LogP contribution in [0.15, 0.2) is 0 Å². The van der Waals surface area contributed by atoms with Crippen molar-refractivity contribution in [1.29, 1.82) is 0 Å². The van der Waals surface area contributed by atoms with Crippen LogP contribution in [0.25, 0.3) is 0 Å². The summed E-state index contributed by atoms with van der Waals surface area (Å²) < 4.78 is 5.26. The molecule has 1 heteroatoms. The lowest BCUT2D eigenvalue weighted by atomic mass is 9.89. The molecular weight excluding hydrogens is 112 g/mol. The Morgan fingerprint density at radius 2 is 2.11 bits per heavy atom. The van der Waals surface area contributed by atoms with Gasteiger partial charge in [0.05, 0.1) is 6.10 Å². The molecule has 0 aromatic carbocycles. The summed E-state index contributed by atoms with van der Waals surface area (Å²) in [5.41, 5.74) is 0. The van der Waals surface area contributed by atoms with Gasteiger partial charge in [-0.1, -0.05) is 19.8 Å². The van der Waals surface area contributed by atoms with E-state index in [9.17, 15) is 0 Å². The van der Waals surface area contributed by atoms with Gasteiger partial charge in [-0.15, -0.1) is 0 Å². The van der Waals surface area contributed by atoms with Crippen molar-refractivity contribution in [3.05, 3.63) is 0 Å². The van der Waals surface area contributed by atoms with E-state index in [0.717, 1.165) is 5.92 Å². The molecule has 0 spiro atoms. The van der Waals surface area contributed by atoms with Crippen molar-refractivity contribution in [2.45, 2.75) is 38.7 Å². The van der Waals surface area contributed by atoms with Gasteiger partial charge in [0, 0.05) is 7.11 Å².